The average Bonchev–Trinajstić information content (AvgIpc) is 2.54. The lowest BCUT2D eigenvalue weighted by Crippen LogP contribution is -2.15. The van der Waals surface area contributed by atoms with Crippen molar-refractivity contribution in [3.8, 4) is 0 Å². The highest BCUT2D eigenvalue weighted by Gasteiger charge is 2.26. The summed E-state index contributed by atoms with van der Waals surface area (Å²) in [5.74, 6) is 0.478. The molecule has 0 saturated heterocycles. The van der Waals surface area contributed by atoms with Crippen molar-refractivity contribution in [2.75, 3.05) is 11.9 Å². The van der Waals surface area contributed by atoms with E-state index in [0.717, 1.165) is 20.7 Å². The van der Waals surface area contributed by atoms with E-state index in [-0.39, 0.29) is 6.54 Å². The molecular weight excluding hydrogens is 263 g/mol. The zero-order chi connectivity index (χ0) is 13.3. The molecule has 0 aliphatic carbocycles. The van der Waals surface area contributed by atoms with Crippen molar-refractivity contribution in [3.05, 3.63) is 16.8 Å². The highest BCUT2D eigenvalue weighted by molar-refractivity contribution is 7.18. The van der Waals surface area contributed by atoms with Crippen LogP contribution in [0, 0.1) is 13.8 Å². The van der Waals surface area contributed by atoms with Gasteiger partial charge in [-0.2, -0.15) is 13.2 Å². The minimum absolute atomic E-state index is 0.177. The van der Waals surface area contributed by atoms with Gasteiger partial charge in [-0.25, -0.2) is 9.97 Å². The molecule has 2 rings (SSSR count). The van der Waals surface area contributed by atoms with Gasteiger partial charge in [-0.15, -0.1) is 11.3 Å². The van der Waals surface area contributed by atoms with Crippen LogP contribution in [0.25, 0.3) is 10.2 Å². The van der Waals surface area contributed by atoms with Crippen LogP contribution < -0.4 is 5.32 Å². The van der Waals surface area contributed by atoms with Crippen LogP contribution in [0.3, 0.4) is 0 Å². The van der Waals surface area contributed by atoms with Gasteiger partial charge in [0.15, 0.2) is 0 Å². The Bertz CT molecular complexity index is 562. The Balaban J connectivity index is 2.23. The molecule has 0 unspecified atom stereocenters. The first-order chi connectivity index (χ1) is 8.38. The summed E-state index contributed by atoms with van der Waals surface area (Å²) in [7, 11) is 0. The molecule has 3 nitrogen and oxygen atoms in total. The summed E-state index contributed by atoms with van der Waals surface area (Å²) in [6, 6.07) is 0. The molecule has 0 aliphatic rings. The molecule has 0 radical (unpaired) electrons. The third-order valence-electron chi connectivity index (χ3n) is 2.67. The van der Waals surface area contributed by atoms with Gasteiger partial charge in [-0.1, -0.05) is 0 Å². The molecule has 0 amide bonds. The van der Waals surface area contributed by atoms with Gasteiger partial charge in [0, 0.05) is 11.4 Å². The van der Waals surface area contributed by atoms with E-state index in [1.54, 1.807) is 0 Å². The minimum atomic E-state index is -4.15. The second-order valence-electron chi connectivity index (χ2n) is 3.98. The number of nitrogens with zero attached hydrogens (tertiary/aromatic N) is 2. The van der Waals surface area contributed by atoms with Crippen LogP contribution in [0.2, 0.25) is 0 Å². The monoisotopic (exact) mass is 275 g/mol. The molecule has 7 heteroatoms. The zero-order valence-electron chi connectivity index (χ0n) is 9.93. The number of hydrogen-bond acceptors (Lipinski definition) is 4. The third kappa shape index (κ3) is 2.72. The van der Waals surface area contributed by atoms with E-state index in [0.29, 0.717) is 5.82 Å². The van der Waals surface area contributed by atoms with E-state index in [1.165, 1.54) is 17.7 Å². The van der Waals surface area contributed by atoms with Crippen LogP contribution in [-0.2, 0) is 0 Å². The Morgan fingerprint density at radius 2 is 2.00 bits per heavy atom. The zero-order valence-corrected chi connectivity index (χ0v) is 10.7. The number of fused-ring (bicyclic) bond motifs is 1. The van der Waals surface area contributed by atoms with Crippen LogP contribution in [0.15, 0.2) is 6.33 Å². The number of thiophene rings is 1. The van der Waals surface area contributed by atoms with Gasteiger partial charge in [0.05, 0.1) is 11.8 Å². The molecule has 0 aromatic carbocycles. The van der Waals surface area contributed by atoms with E-state index in [1.807, 2.05) is 13.8 Å². The molecule has 0 aliphatic heterocycles. The quantitative estimate of drug-likeness (QED) is 0.928. The number of aromatic nitrogens is 2. The van der Waals surface area contributed by atoms with Gasteiger partial charge < -0.3 is 5.32 Å². The molecule has 18 heavy (non-hydrogen) atoms. The van der Waals surface area contributed by atoms with E-state index in [9.17, 15) is 13.2 Å². The van der Waals surface area contributed by atoms with Gasteiger partial charge in [-0.05, 0) is 19.4 Å². The molecule has 2 aromatic rings. The van der Waals surface area contributed by atoms with Crippen molar-refractivity contribution in [2.45, 2.75) is 26.4 Å². The summed E-state index contributed by atoms with van der Waals surface area (Å²) in [6.07, 6.45) is -3.66. The Hall–Kier alpha value is -1.37. The lowest BCUT2D eigenvalue weighted by Gasteiger charge is -2.09. The number of anilines is 1. The summed E-state index contributed by atoms with van der Waals surface area (Å²) < 4.78 is 36.3. The van der Waals surface area contributed by atoms with Crippen molar-refractivity contribution in [1.29, 1.82) is 0 Å². The van der Waals surface area contributed by atoms with Crippen LogP contribution in [0.4, 0.5) is 19.0 Å². The number of rotatable bonds is 3. The minimum Gasteiger partial charge on any atom is -0.369 e. The highest BCUT2D eigenvalue weighted by atomic mass is 32.1. The fourth-order valence-electron chi connectivity index (χ4n) is 1.64. The summed E-state index contributed by atoms with van der Waals surface area (Å²) in [5, 5.41) is 3.56. The number of halogens is 3. The summed E-state index contributed by atoms with van der Waals surface area (Å²) in [6.45, 7) is 3.71. The van der Waals surface area contributed by atoms with Crippen LogP contribution in [-0.4, -0.2) is 22.7 Å². The van der Waals surface area contributed by atoms with Crippen molar-refractivity contribution in [1.82, 2.24) is 9.97 Å². The fraction of sp³-hybridized carbons (Fsp3) is 0.455. The maximum atomic E-state index is 12.1. The molecule has 0 spiro atoms. The first-order valence-electron chi connectivity index (χ1n) is 5.40. The van der Waals surface area contributed by atoms with E-state index in [2.05, 4.69) is 15.3 Å². The summed E-state index contributed by atoms with van der Waals surface area (Å²) in [5.41, 5.74) is 1.02. The fourth-order valence-corrected chi connectivity index (χ4v) is 2.64. The molecule has 0 saturated carbocycles. The second kappa shape index (κ2) is 4.72. The second-order valence-corrected chi connectivity index (χ2v) is 5.18. The Labute approximate surface area is 106 Å². The predicted molar refractivity (Wildman–Crippen MR) is 66.1 cm³/mol. The van der Waals surface area contributed by atoms with Crippen molar-refractivity contribution in [2.24, 2.45) is 0 Å². The van der Waals surface area contributed by atoms with Crippen LogP contribution in [0.1, 0.15) is 16.9 Å². The van der Waals surface area contributed by atoms with Gasteiger partial charge in [-0.3, -0.25) is 0 Å². The smallest absolute Gasteiger partial charge is 0.369 e. The van der Waals surface area contributed by atoms with Gasteiger partial charge in [0.2, 0.25) is 0 Å². The normalized spacial score (nSPS) is 12.1. The standard InChI is InChI=1S/C11H12F3N3S/c1-6-7(2)18-10-8(6)9(16-5-17-10)15-4-3-11(12,13)14/h5H,3-4H2,1-2H3,(H,15,16,17). The molecule has 98 valence electrons. The lowest BCUT2D eigenvalue weighted by molar-refractivity contribution is -0.131. The molecule has 0 atom stereocenters. The summed E-state index contributed by atoms with van der Waals surface area (Å²) in [4.78, 5) is 10.0. The Morgan fingerprint density at radius 1 is 1.28 bits per heavy atom. The topological polar surface area (TPSA) is 37.8 Å². The van der Waals surface area contributed by atoms with Gasteiger partial charge >= 0.3 is 6.18 Å². The molecule has 0 bridgehead atoms. The first-order valence-corrected chi connectivity index (χ1v) is 6.21. The number of nitrogens with one attached hydrogen (secondary N) is 1. The van der Waals surface area contributed by atoms with Crippen molar-refractivity contribution >= 4 is 27.4 Å². The Morgan fingerprint density at radius 3 is 2.67 bits per heavy atom. The molecule has 1 N–H and O–H groups in total. The Kier molecular flexibility index (Phi) is 3.43. The third-order valence-corrected chi connectivity index (χ3v) is 3.78. The maximum absolute atomic E-state index is 12.1. The van der Waals surface area contributed by atoms with Crippen LogP contribution in [0.5, 0.6) is 0 Å². The maximum Gasteiger partial charge on any atom is 0.390 e. The van der Waals surface area contributed by atoms with Crippen LogP contribution >= 0.6 is 11.3 Å². The SMILES string of the molecule is Cc1sc2ncnc(NCCC(F)(F)F)c2c1C. The van der Waals surface area contributed by atoms with Crippen molar-refractivity contribution in [3.63, 3.8) is 0 Å². The van der Waals surface area contributed by atoms with E-state index < -0.39 is 12.6 Å². The molecule has 0 fully saturated rings. The average molecular weight is 275 g/mol. The highest BCUT2D eigenvalue weighted by Crippen LogP contribution is 2.32. The molecular formula is C11H12F3N3S. The number of aryl methyl sites for hydroxylation is 2. The summed E-state index contributed by atoms with van der Waals surface area (Å²) >= 11 is 1.52. The van der Waals surface area contributed by atoms with Crippen molar-refractivity contribution < 1.29 is 13.2 Å². The molecule has 2 aromatic heterocycles. The number of hydrogen-bond donors (Lipinski definition) is 1. The number of alkyl halides is 3. The largest absolute Gasteiger partial charge is 0.390 e. The first kappa shape index (κ1) is 13.1. The van der Waals surface area contributed by atoms with E-state index in [4.69, 9.17) is 0 Å². The predicted octanol–water partition coefficient (Wildman–Crippen LogP) is 3.67. The van der Waals surface area contributed by atoms with E-state index >= 15 is 0 Å². The molecule has 2 heterocycles. The van der Waals surface area contributed by atoms with Gasteiger partial charge in [0.25, 0.3) is 0 Å². The lowest BCUT2D eigenvalue weighted by atomic mass is 10.2. The van der Waals surface area contributed by atoms with Gasteiger partial charge in [0.1, 0.15) is 17.0 Å².